The van der Waals surface area contributed by atoms with Crippen molar-refractivity contribution in [1.82, 2.24) is 9.96 Å². The van der Waals surface area contributed by atoms with Crippen LogP contribution in [-0.2, 0) is 9.47 Å². The van der Waals surface area contributed by atoms with E-state index in [0.29, 0.717) is 6.10 Å². The molecule has 1 rings (SSSR count). The van der Waals surface area contributed by atoms with Crippen molar-refractivity contribution in [3.05, 3.63) is 0 Å². The Hall–Kier alpha value is -0.200. The van der Waals surface area contributed by atoms with Crippen LogP contribution in [0.4, 0.5) is 0 Å². The van der Waals surface area contributed by atoms with E-state index in [9.17, 15) is 0 Å². The number of unbranched alkanes of at least 4 members (excludes halogenated alkanes) is 4. The Morgan fingerprint density at radius 3 is 2.30 bits per heavy atom. The van der Waals surface area contributed by atoms with E-state index >= 15 is 0 Å². The second kappa shape index (κ2) is 11.5. The standard InChI is InChI=1S/C15H32N2O3/c1-16(18)9-5-3-7-11-20-12-8-4-6-10-17-13-15(14-17)19-2/h15,18H,3-14H2,1-2H3. The summed E-state index contributed by atoms with van der Waals surface area (Å²) in [6.45, 7) is 5.92. The molecule has 20 heavy (non-hydrogen) atoms. The lowest BCUT2D eigenvalue weighted by atomic mass is 10.1. The molecule has 0 aromatic carbocycles. The molecule has 0 bridgehead atoms. The fourth-order valence-corrected chi connectivity index (χ4v) is 2.39. The van der Waals surface area contributed by atoms with E-state index in [-0.39, 0.29) is 0 Å². The highest BCUT2D eigenvalue weighted by Crippen LogP contribution is 2.11. The Morgan fingerprint density at radius 1 is 1.05 bits per heavy atom. The molecule has 1 saturated heterocycles. The fraction of sp³-hybridized carbons (Fsp3) is 1.00. The van der Waals surface area contributed by atoms with Crippen molar-refractivity contribution in [2.24, 2.45) is 0 Å². The van der Waals surface area contributed by atoms with Crippen LogP contribution in [0.1, 0.15) is 38.5 Å². The van der Waals surface area contributed by atoms with Gasteiger partial charge in [0.1, 0.15) is 0 Å². The normalized spacial score (nSPS) is 16.8. The molecule has 0 atom stereocenters. The van der Waals surface area contributed by atoms with Crippen LogP contribution in [0, 0.1) is 0 Å². The predicted octanol–water partition coefficient (Wildman–Crippen LogP) is 2.00. The average Bonchev–Trinajstić information content (AvgIpc) is 2.37. The zero-order valence-corrected chi connectivity index (χ0v) is 13.2. The minimum absolute atomic E-state index is 0.476. The lowest BCUT2D eigenvalue weighted by Gasteiger charge is -2.38. The van der Waals surface area contributed by atoms with Crippen LogP contribution in [0.15, 0.2) is 0 Å². The van der Waals surface area contributed by atoms with Crippen LogP contribution in [0.3, 0.4) is 0 Å². The molecule has 0 aromatic heterocycles. The number of ether oxygens (including phenoxy) is 2. The molecule has 0 unspecified atom stereocenters. The SMILES string of the molecule is COC1CN(CCCCCOCCCCCN(C)O)C1. The van der Waals surface area contributed by atoms with Gasteiger partial charge in [0.15, 0.2) is 0 Å². The molecule has 5 nitrogen and oxygen atoms in total. The summed E-state index contributed by atoms with van der Waals surface area (Å²) in [5.74, 6) is 0. The second-order valence-corrected chi connectivity index (χ2v) is 5.73. The zero-order valence-electron chi connectivity index (χ0n) is 13.2. The van der Waals surface area contributed by atoms with Gasteiger partial charge in [0.05, 0.1) is 6.10 Å². The summed E-state index contributed by atoms with van der Waals surface area (Å²) in [6.07, 6.45) is 7.42. The number of rotatable bonds is 13. The van der Waals surface area contributed by atoms with E-state index < -0.39 is 0 Å². The van der Waals surface area contributed by atoms with E-state index in [0.717, 1.165) is 52.1 Å². The molecule has 0 aliphatic carbocycles. The van der Waals surface area contributed by atoms with Crippen molar-refractivity contribution < 1.29 is 14.7 Å². The smallest absolute Gasteiger partial charge is 0.0824 e. The number of methoxy groups -OCH3 is 1. The van der Waals surface area contributed by atoms with Crippen molar-refractivity contribution in [2.75, 3.05) is 53.6 Å². The van der Waals surface area contributed by atoms with Gasteiger partial charge in [-0.15, -0.1) is 0 Å². The van der Waals surface area contributed by atoms with Gasteiger partial charge in [-0.3, -0.25) is 4.90 Å². The Labute approximate surface area is 123 Å². The van der Waals surface area contributed by atoms with Crippen LogP contribution in [0.5, 0.6) is 0 Å². The lowest BCUT2D eigenvalue weighted by Crippen LogP contribution is -2.51. The van der Waals surface area contributed by atoms with E-state index in [1.807, 2.05) is 0 Å². The molecule has 1 aliphatic rings. The number of hydrogen-bond acceptors (Lipinski definition) is 5. The number of hydrogen-bond donors (Lipinski definition) is 1. The van der Waals surface area contributed by atoms with Crippen LogP contribution in [0.25, 0.3) is 0 Å². The molecule has 120 valence electrons. The van der Waals surface area contributed by atoms with Gasteiger partial charge < -0.3 is 14.7 Å². The molecule has 1 heterocycles. The highest BCUT2D eigenvalue weighted by Gasteiger charge is 2.25. The first-order valence-electron chi connectivity index (χ1n) is 7.95. The zero-order chi connectivity index (χ0) is 14.6. The Morgan fingerprint density at radius 2 is 1.70 bits per heavy atom. The van der Waals surface area contributed by atoms with Gasteiger partial charge in [0.2, 0.25) is 0 Å². The van der Waals surface area contributed by atoms with Gasteiger partial charge in [-0.1, -0.05) is 0 Å². The molecular weight excluding hydrogens is 256 g/mol. The molecular formula is C15H32N2O3. The molecule has 0 aromatic rings. The van der Waals surface area contributed by atoms with E-state index in [1.165, 1.54) is 30.9 Å². The first-order valence-corrected chi connectivity index (χ1v) is 7.95. The summed E-state index contributed by atoms with van der Waals surface area (Å²) in [7, 11) is 3.48. The van der Waals surface area contributed by atoms with Gasteiger partial charge in [-0.2, -0.15) is 5.06 Å². The van der Waals surface area contributed by atoms with Crippen LogP contribution >= 0.6 is 0 Å². The summed E-state index contributed by atoms with van der Waals surface area (Å²) in [5, 5.41) is 10.2. The summed E-state index contributed by atoms with van der Waals surface area (Å²) in [5.41, 5.74) is 0. The van der Waals surface area contributed by atoms with Crippen molar-refractivity contribution in [3.8, 4) is 0 Å². The third kappa shape index (κ3) is 8.87. The highest BCUT2D eigenvalue weighted by atomic mass is 16.5. The van der Waals surface area contributed by atoms with Crippen molar-refractivity contribution in [1.29, 1.82) is 0 Å². The minimum Gasteiger partial charge on any atom is -0.381 e. The summed E-state index contributed by atoms with van der Waals surface area (Å²) in [4.78, 5) is 2.45. The number of hydroxylamine groups is 2. The molecule has 0 radical (unpaired) electrons. The molecule has 1 fully saturated rings. The third-order valence-electron chi connectivity index (χ3n) is 3.79. The molecule has 0 saturated carbocycles. The monoisotopic (exact) mass is 288 g/mol. The Balaban J connectivity index is 1.69. The highest BCUT2D eigenvalue weighted by molar-refractivity contribution is 4.79. The van der Waals surface area contributed by atoms with Crippen LogP contribution in [0.2, 0.25) is 0 Å². The first-order chi connectivity index (χ1) is 9.72. The summed E-state index contributed by atoms with van der Waals surface area (Å²) < 4.78 is 10.9. The fourth-order valence-electron chi connectivity index (χ4n) is 2.39. The van der Waals surface area contributed by atoms with Crippen LogP contribution in [-0.4, -0.2) is 74.8 Å². The largest absolute Gasteiger partial charge is 0.381 e. The van der Waals surface area contributed by atoms with Crippen molar-refractivity contribution in [3.63, 3.8) is 0 Å². The quantitative estimate of drug-likeness (QED) is 0.415. The maximum absolute atomic E-state index is 8.96. The number of nitrogens with zero attached hydrogens (tertiary/aromatic N) is 2. The molecule has 5 heteroatoms. The van der Waals surface area contributed by atoms with Crippen molar-refractivity contribution >= 4 is 0 Å². The second-order valence-electron chi connectivity index (χ2n) is 5.73. The average molecular weight is 288 g/mol. The maximum Gasteiger partial charge on any atom is 0.0824 e. The molecule has 1 N–H and O–H groups in total. The van der Waals surface area contributed by atoms with E-state index in [4.69, 9.17) is 14.7 Å². The number of likely N-dealkylation sites (tertiary alicyclic amines) is 1. The Bertz CT molecular complexity index is 221. The Kier molecular flexibility index (Phi) is 10.2. The summed E-state index contributed by atoms with van der Waals surface area (Å²) >= 11 is 0. The van der Waals surface area contributed by atoms with Gasteiger partial charge in [-0.05, 0) is 45.1 Å². The first kappa shape index (κ1) is 17.9. The van der Waals surface area contributed by atoms with E-state index in [2.05, 4.69) is 4.90 Å². The summed E-state index contributed by atoms with van der Waals surface area (Å²) in [6, 6.07) is 0. The van der Waals surface area contributed by atoms with Crippen LogP contribution < -0.4 is 0 Å². The molecule has 0 spiro atoms. The lowest BCUT2D eigenvalue weighted by molar-refractivity contribution is -0.0658. The topological polar surface area (TPSA) is 45.2 Å². The van der Waals surface area contributed by atoms with E-state index in [1.54, 1.807) is 14.2 Å². The maximum atomic E-state index is 8.96. The van der Waals surface area contributed by atoms with Crippen molar-refractivity contribution in [2.45, 2.75) is 44.6 Å². The molecule has 0 amide bonds. The predicted molar refractivity (Wildman–Crippen MR) is 80.2 cm³/mol. The van der Waals surface area contributed by atoms with Gasteiger partial charge >= 0.3 is 0 Å². The van der Waals surface area contributed by atoms with Gasteiger partial charge in [0, 0.05) is 47.0 Å². The minimum atomic E-state index is 0.476. The van der Waals surface area contributed by atoms with Gasteiger partial charge in [0.25, 0.3) is 0 Å². The third-order valence-corrected chi connectivity index (χ3v) is 3.79. The molecule has 1 aliphatic heterocycles. The van der Waals surface area contributed by atoms with Gasteiger partial charge in [-0.25, -0.2) is 0 Å².